The Morgan fingerprint density at radius 2 is 2.54 bits per heavy atom. The fraction of sp³-hybridized carbons (Fsp3) is 0.500. The van der Waals surface area contributed by atoms with Crippen molar-refractivity contribution in [1.29, 1.82) is 0 Å². The van der Waals surface area contributed by atoms with Crippen LogP contribution in [0.5, 0.6) is 0 Å². The van der Waals surface area contributed by atoms with Crippen LogP contribution in [0.2, 0.25) is 0 Å². The third-order valence-electron chi connectivity index (χ3n) is 2.27. The van der Waals surface area contributed by atoms with Crippen LogP contribution < -0.4 is 5.32 Å². The second kappa shape index (κ2) is 3.03. The summed E-state index contributed by atoms with van der Waals surface area (Å²) in [5, 5.41) is 9.59. The highest BCUT2D eigenvalue weighted by Crippen LogP contribution is 2.44. The average Bonchev–Trinajstić information content (AvgIpc) is 2.70. The fourth-order valence-electron chi connectivity index (χ4n) is 1.41. The van der Waals surface area contributed by atoms with E-state index in [9.17, 15) is 4.79 Å². The van der Waals surface area contributed by atoms with Crippen molar-refractivity contribution in [2.75, 3.05) is 5.88 Å². The molecule has 4 nitrogen and oxygen atoms in total. The maximum absolute atomic E-state index is 11.1. The summed E-state index contributed by atoms with van der Waals surface area (Å²) in [6, 6.07) is 1.88. The molecule has 0 radical (unpaired) electrons. The molecule has 1 heterocycles. The molecule has 1 aliphatic carbocycles. The molecule has 0 atom stereocenters. The SMILES string of the molecule is O=C(CCl)NC1(c2ccn[nH]2)CC1. The van der Waals surface area contributed by atoms with E-state index in [1.54, 1.807) is 6.20 Å². The lowest BCUT2D eigenvalue weighted by Gasteiger charge is -2.14. The number of aromatic nitrogens is 2. The van der Waals surface area contributed by atoms with Crippen molar-refractivity contribution in [1.82, 2.24) is 15.5 Å². The molecule has 0 spiro atoms. The number of amides is 1. The van der Waals surface area contributed by atoms with Crippen LogP contribution in [-0.2, 0) is 10.3 Å². The predicted octanol–water partition coefficient (Wildman–Crippen LogP) is 0.754. The summed E-state index contributed by atoms with van der Waals surface area (Å²) in [4.78, 5) is 11.1. The van der Waals surface area contributed by atoms with Crippen molar-refractivity contribution in [3.63, 3.8) is 0 Å². The minimum Gasteiger partial charge on any atom is -0.344 e. The minimum absolute atomic E-state index is 0.00981. The number of alkyl halides is 1. The second-order valence-electron chi connectivity index (χ2n) is 3.23. The molecule has 1 amide bonds. The van der Waals surface area contributed by atoms with Gasteiger partial charge in [0.05, 0.1) is 11.2 Å². The minimum atomic E-state index is -0.206. The number of carbonyl (C=O) groups excluding carboxylic acids is 1. The molecule has 1 aliphatic rings. The van der Waals surface area contributed by atoms with E-state index in [-0.39, 0.29) is 17.3 Å². The number of rotatable bonds is 3. The van der Waals surface area contributed by atoms with Crippen LogP contribution in [0.1, 0.15) is 18.5 Å². The molecule has 13 heavy (non-hydrogen) atoms. The van der Waals surface area contributed by atoms with Crippen LogP contribution in [0.4, 0.5) is 0 Å². The maximum atomic E-state index is 11.1. The molecule has 0 aromatic carbocycles. The number of aromatic amines is 1. The van der Waals surface area contributed by atoms with Gasteiger partial charge < -0.3 is 5.32 Å². The van der Waals surface area contributed by atoms with E-state index in [1.807, 2.05) is 6.07 Å². The van der Waals surface area contributed by atoms with Gasteiger partial charge in [-0.2, -0.15) is 5.10 Å². The zero-order valence-corrected chi connectivity index (χ0v) is 7.77. The number of carbonyl (C=O) groups is 1. The highest BCUT2D eigenvalue weighted by molar-refractivity contribution is 6.27. The summed E-state index contributed by atoms with van der Waals surface area (Å²) < 4.78 is 0. The Morgan fingerprint density at radius 1 is 1.77 bits per heavy atom. The molecule has 1 fully saturated rings. The van der Waals surface area contributed by atoms with E-state index >= 15 is 0 Å². The van der Waals surface area contributed by atoms with Crippen LogP contribution in [0.15, 0.2) is 12.3 Å². The van der Waals surface area contributed by atoms with E-state index < -0.39 is 0 Å². The molecule has 5 heteroatoms. The highest BCUT2D eigenvalue weighted by atomic mass is 35.5. The van der Waals surface area contributed by atoms with Gasteiger partial charge in [-0.25, -0.2) is 0 Å². The standard InChI is InChI=1S/C8H10ClN3O/c9-5-7(13)11-8(2-3-8)6-1-4-10-12-6/h1,4H,2-3,5H2,(H,10,12)(H,11,13). The third-order valence-corrected chi connectivity index (χ3v) is 2.51. The zero-order valence-electron chi connectivity index (χ0n) is 7.01. The molecule has 0 saturated heterocycles. The first kappa shape index (κ1) is 8.56. The Kier molecular flexibility index (Phi) is 2.00. The van der Waals surface area contributed by atoms with Crippen molar-refractivity contribution in [3.8, 4) is 0 Å². The molecule has 0 unspecified atom stereocenters. The van der Waals surface area contributed by atoms with E-state index in [1.165, 1.54) is 0 Å². The summed E-state index contributed by atoms with van der Waals surface area (Å²) in [7, 11) is 0. The maximum Gasteiger partial charge on any atom is 0.235 e. The van der Waals surface area contributed by atoms with Crippen molar-refractivity contribution in [3.05, 3.63) is 18.0 Å². The summed E-state index contributed by atoms with van der Waals surface area (Å²) in [6.45, 7) is 0. The number of nitrogens with zero attached hydrogens (tertiary/aromatic N) is 1. The number of hydrogen-bond donors (Lipinski definition) is 2. The number of halogens is 1. The molecular formula is C8H10ClN3O. The van der Waals surface area contributed by atoms with E-state index in [2.05, 4.69) is 15.5 Å². The van der Waals surface area contributed by atoms with Crippen LogP contribution in [0.3, 0.4) is 0 Å². The Morgan fingerprint density at radius 3 is 3.00 bits per heavy atom. The predicted molar refractivity (Wildman–Crippen MR) is 48.4 cm³/mol. The summed E-state index contributed by atoms with van der Waals surface area (Å²) in [6.07, 6.45) is 3.60. The molecule has 1 saturated carbocycles. The first-order valence-electron chi connectivity index (χ1n) is 4.14. The Labute approximate surface area is 80.7 Å². The molecule has 0 aliphatic heterocycles. The largest absolute Gasteiger partial charge is 0.344 e. The summed E-state index contributed by atoms with van der Waals surface area (Å²) in [5.74, 6) is -0.121. The summed E-state index contributed by atoms with van der Waals surface area (Å²) in [5.41, 5.74) is 0.758. The van der Waals surface area contributed by atoms with Crippen LogP contribution >= 0.6 is 11.6 Å². The molecule has 1 aromatic heterocycles. The van der Waals surface area contributed by atoms with Gasteiger partial charge in [0.2, 0.25) is 5.91 Å². The lowest BCUT2D eigenvalue weighted by Crippen LogP contribution is -2.35. The normalized spacial score (nSPS) is 18.2. The Bertz CT molecular complexity index is 305. The molecule has 70 valence electrons. The van der Waals surface area contributed by atoms with E-state index in [0.29, 0.717) is 0 Å². The third kappa shape index (κ3) is 1.54. The van der Waals surface area contributed by atoms with Crippen LogP contribution in [0.25, 0.3) is 0 Å². The topological polar surface area (TPSA) is 57.8 Å². The Balaban J connectivity index is 2.10. The first-order valence-corrected chi connectivity index (χ1v) is 4.67. The van der Waals surface area contributed by atoms with Gasteiger partial charge >= 0.3 is 0 Å². The van der Waals surface area contributed by atoms with Gasteiger partial charge in [0.25, 0.3) is 0 Å². The zero-order chi connectivity index (χ0) is 9.31. The lowest BCUT2D eigenvalue weighted by molar-refractivity contribution is -0.119. The van der Waals surface area contributed by atoms with Gasteiger partial charge in [-0.3, -0.25) is 9.89 Å². The fourth-order valence-corrected chi connectivity index (χ4v) is 1.48. The smallest absolute Gasteiger partial charge is 0.235 e. The number of nitrogens with one attached hydrogen (secondary N) is 2. The molecule has 0 bridgehead atoms. The first-order chi connectivity index (χ1) is 6.27. The van der Waals surface area contributed by atoms with Crippen molar-refractivity contribution in [2.24, 2.45) is 0 Å². The molecule has 2 rings (SSSR count). The van der Waals surface area contributed by atoms with Gasteiger partial charge in [-0.05, 0) is 18.9 Å². The lowest BCUT2D eigenvalue weighted by atomic mass is 10.2. The van der Waals surface area contributed by atoms with Gasteiger partial charge in [-0.15, -0.1) is 11.6 Å². The number of hydrogen-bond acceptors (Lipinski definition) is 2. The number of H-pyrrole nitrogens is 1. The van der Waals surface area contributed by atoms with Crippen LogP contribution in [0, 0.1) is 0 Å². The monoisotopic (exact) mass is 199 g/mol. The Hall–Kier alpha value is -1.03. The van der Waals surface area contributed by atoms with Gasteiger partial charge in [0.15, 0.2) is 0 Å². The molecule has 2 N–H and O–H groups in total. The van der Waals surface area contributed by atoms with E-state index in [4.69, 9.17) is 11.6 Å². The van der Waals surface area contributed by atoms with Crippen molar-refractivity contribution < 1.29 is 4.79 Å². The van der Waals surface area contributed by atoms with Gasteiger partial charge in [0, 0.05) is 6.20 Å². The average molecular weight is 200 g/mol. The van der Waals surface area contributed by atoms with Gasteiger partial charge in [0.1, 0.15) is 5.88 Å². The highest BCUT2D eigenvalue weighted by Gasteiger charge is 2.46. The van der Waals surface area contributed by atoms with Gasteiger partial charge in [-0.1, -0.05) is 0 Å². The van der Waals surface area contributed by atoms with Crippen LogP contribution in [-0.4, -0.2) is 22.0 Å². The second-order valence-corrected chi connectivity index (χ2v) is 3.50. The molecular weight excluding hydrogens is 190 g/mol. The molecule has 1 aromatic rings. The quantitative estimate of drug-likeness (QED) is 0.706. The van der Waals surface area contributed by atoms with Crippen molar-refractivity contribution in [2.45, 2.75) is 18.4 Å². The van der Waals surface area contributed by atoms with E-state index in [0.717, 1.165) is 18.5 Å². The van der Waals surface area contributed by atoms with Crippen molar-refractivity contribution >= 4 is 17.5 Å². The summed E-state index contributed by atoms with van der Waals surface area (Å²) >= 11 is 5.41.